The summed E-state index contributed by atoms with van der Waals surface area (Å²) in [5.41, 5.74) is 6.88. The lowest BCUT2D eigenvalue weighted by Gasteiger charge is -2.10. The van der Waals surface area contributed by atoms with Crippen molar-refractivity contribution in [3.8, 4) is 0 Å². The minimum atomic E-state index is 0.421. The molecule has 0 aromatic carbocycles. The molecule has 0 radical (unpaired) electrons. The maximum atomic E-state index is 5.54. The van der Waals surface area contributed by atoms with Gasteiger partial charge in [0.15, 0.2) is 6.73 Å². The van der Waals surface area contributed by atoms with Crippen molar-refractivity contribution in [2.75, 3.05) is 6.73 Å². The Balaban J connectivity index is 2.71. The Kier molecular flexibility index (Phi) is 1.99. The Hall–Kier alpha value is -1.38. The van der Waals surface area contributed by atoms with Gasteiger partial charge in [-0.25, -0.2) is 0 Å². The molecule has 1 heterocycles. The molecule has 0 aliphatic carbocycles. The summed E-state index contributed by atoms with van der Waals surface area (Å²) in [6.07, 6.45) is 5.04. The quantitative estimate of drug-likeness (QED) is 0.510. The van der Waals surface area contributed by atoms with Crippen LogP contribution in [-0.4, -0.2) is 6.73 Å². The maximum absolute atomic E-state index is 5.54. The fourth-order valence-corrected chi connectivity index (χ4v) is 0.578. The third-order valence-corrected chi connectivity index (χ3v) is 1.17. The van der Waals surface area contributed by atoms with Crippen molar-refractivity contribution < 1.29 is 4.74 Å². The fraction of sp³-hybridized carbons (Fsp3) is 0.143. The molecule has 1 aliphatic rings. The van der Waals surface area contributed by atoms with E-state index in [0.29, 0.717) is 18.1 Å². The van der Waals surface area contributed by atoms with Crippen molar-refractivity contribution >= 4 is 0 Å². The average molecular weight is 138 g/mol. The standard InChI is InChI=1S/C7H10N2O/c1-6-7(8)3-2-4-10-5-9-6/h2-4,9H,1,5,8H2/b4-2?,7-3+. The lowest BCUT2D eigenvalue weighted by Crippen LogP contribution is -2.20. The van der Waals surface area contributed by atoms with Crippen molar-refractivity contribution in [3.05, 3.63) is 36.4 Å². The van der Waals surface area contributed by atoms with Gasteiger partial charge in [0, 0.05) is 0 Å². The fourth-order valence-electron chi connectivity index (χ4n) is 0.578. The molecule has 0 aromatic rings. The summed E-state index contributed by atoms with van der Waals surface area (Å²) in [4.78, 5) is 0. The van der Waals surface area contributed by atoms with Crippen LogP contribution >= 0.6 is 0 Å². The molecule has 0 spiro atoms. The van der Waals surface area contributed by atoms with Gasteiger partial charge in [0.2, 0.25) is 0 Å². The van der Waals surface area contributed by atoms with Crippen LogP contribution in [-0.2, 0) is 4.74 Å². The minimum Gasteiger partial charge on any atom is -0.481 e. The minimum absolute atomic E-state index is 0.421. The average Bonchev–Trinajstić information content (AvgIpc) is 1.92. The second-order valence-corrected chi connectivity index (χ2v) is 1.92. The highest BCUT2D eigenvalue weighted by atomic mass is 16.5. The molecule has 54 valence electrons. The third-order valence-electron chi connectivity index (χ3n) is 1.17. The lowest BCUT2D eigenvalue weighted by molar-refractivity contribution is 0.233. The van der Waals surface area contributed by atoms with Gasteiger partial charge in [-0.05, 0) is 12.2 Å². The van der Waals surface area contributed by atoms with Crippen LogP contribution < -0.4 is 11.1 Å². The molecule has 3 N–H and O–H groups in total. The zero-order chi connectivity index (χ0) is 7.40. The Labute approximate surface area is 59.9 Å². The van der Waals surface area contributed by atoms with Crippen molar-refractivity contribution in [2.24, 2.45) is 5.73 Å². The van der Waals surface area contributed by atoms with Gasteiger partial charge in [-0.1, -0.05) is 6.58 Å². The van der Waals surface area contributed by atoms with Crippen LogP contribution in [0.2, 0.25) is 0 Å². The van der Waals surface area contributed by atoms with Gasteiger partial charge in [-0.3, -0.25) is 0 Å². The first kappa shape index (κ1) is 6.74. The molecule has 0 amide bonds. The second-order valence-electron chi connectivity index (χ2n) is 1.92. The molecule has 3 heteroatoms. The largest absolute Gasteiger partial charge is 0.481 e. The molecule has 3 nitrogen and oxygen atoms in total. The molecular weight excluding hydrogens is 128 g/mol. The monoisotopic (exact) mass is 138 g/mol. The predicted molar refractivity (Wildman–Crippen MR) is 39.6 cm³/mol. The predicted octanol–water partition coefficient (Wildman–Crippen LogP) is 0.434. The number of rotatable bonds is 0. The van der Waals surface area contributed by atoms with E-state index >= 15 is 0 Å². The molecule has 0 unspecified atom stereocenters. The number of ether oxygens (including phenoxy) is 1. The van der Waals surface area contributed by atoms with Gasteiger partial charge in [-0.15, -0.1) is 0 Å². The molecule has 1 aliphatic heterocycles. The van der Waals surface area contributed by atoms with Gasteiger partial charge in [0.05, 0.1) is 17.7 Å². The van der Waals surface area contributed by atoms with E-state index < -0.39 is 0 Å². The van der Waals surface area contributed by atoms with Gasteiger partial charge >= 0.3 is 0 Å². The molecule has 10 heavy (non-hydrogen) atoms. The van der Waals surface area contributed by atoms with E-state index in [2.05, 4.69) is 11.9 Å². The van der Waals surface area contributed by atoms with Crippen molar-refractivity contribution in [3.63, 3.8) is 0 Å². The van der Waals surface area contributed by atoms with Gasteiger partial charge < -0.3 is 15.8 Å². The van der Waals surface area contributed by atoms with Crippen LogP contribution in [0.4, 0.5) is 0 Å². The lowest BCUT2D eigenvalue weighted by atomic mass is 10.3. The molecule has 0 saturated heterocycles. The molecular formula is C7H10N2O. The number of allylic oxidation sites excluding steroid dienone is 2. The maximum Gasteiger partial charge on any atom is 0.158 e. The Morgan fingerprint density at radius 3 is 3.30 bits per heavy atom. The van der Waals surface area contributed by atoms with E-state index in [1.165, 1.54) is 0 Å². The first-order valence-electron chi connectivity index (χ1n) is 2.98. The highest BCUT2D eigenvalue weighted by Crippen LogP contribution is 1.98. The Bertz CT molecular complexity index is 194. The van der Waals surface area contributed by atoms with Crippen LogP contribution in [0.5, 0.6) is 0 Å². The van der Waals surface area contributed by atoms with E-state index in [-0.39, 0.29) is 0 Å². The summed E-state index contributed by atoms with van der Waals surface area (Å²) in [5, 5.41) is 2.87. The zero-order valence-electron chi connectivity index (χ0n) is 5.63. The summed E-state index contributed by atoms with van der Waals surface area (Å²) in [6.45, 7) is 4.10. The Morgan fingerprint density at radius 1 is 1.70 bits per heavy atom. The number of hydrogen-bond acceptors (Lipinski definition) is 3. The van der Waals surface area contributed by atoms with Crippen LogP contribution in [0.1, 0.15) is 0 Å². The summed E-state index contributed by atoms with van der Waals surface area (Å²) in [5.74, 6) is 0. The van der Waals surface area contributed by atoms with Crippen LogP contribution in [0, 0.1) is 0 Å². The third kappa shape index (κ3) is 1.55. The molecule has 0 fully saturated rings. The van der Waals surface area contributed by atoms with Crippen LogP contribution in [0.25, 0.3) is 0 Å². The second kappa shape index (κ2) is 2.96. The van der Waals surface area contributed by atoms with E-state index in [0.717, 1.165) is 0 Å². The summed E-state index contributed by atoms with van der Waals surface area (Å²) >= 11 is 0. The highest BCUT2D eigenvalue weighted by molar-refractivity contribution is 5.27. The summed E-state index contributed by atoms with van der Waals surface area (Å²) in [6, 6.07) is 0. The number of nitrogens with one attached hydrogen (secondary N) is 1. The Morgan fingerprint density at radius 2 is 2.50 bits per heavy atom. The van der Waals surface area contributed by atoms with Crippen molar-refractivity contribution in [1.82, 2.24) is 5.32 Å². The van der Waals surface area contributed by atoms with Gasteiger partial charge in [0.1, 0.15) is 0 Å². The molecule has 0 bridgehead atoms. The molecule has 0 saturated carbocycles. The van der Waals surface area contributed by atoms with Gasteiger partial charge in [0.25, 0.3) is 0 Å². The zero-order valence-corrected chi connectivity index (χ0v) is 5.63. The van der Waals surface area contributed by atoms with E-state index in [4.69, 9.17) is 10.5 Å². The molecule has 1 rings (SSSR count). The van der Waals surface area contributed by atoms with Crippen LogP contribution in [0.15, 0.2) is 36.4 Å². The van der Waals surface area contributed by atoms with E-state index in [1.54, 1.807) is 18.4 Å². The van der Waals surface area contributed by atoms with Crippen LogP contribution in [0.3, 0.4) is 0 Å². The number of hydrogen-bond donors (Lipinski definition) is 2. The van der Waals surface area contributed by atoms with Crippen molar-refractivity contribution in [1.29, 1.82) is 0 Å². The topological polar surface area (TPSA) is 47.3 Å². The van der Waals surface area contributed by atoms with Crippen molar-refractivity contribution in [2.45, 2.75) is 0 Å². The first-order valence-corrected chi connectivity index (χ1v) is 2.98. The first-order chi connectivity index (χ1) is 4.80. The van der Waals surface area contributed by atoms with Gasteiger partial charge in [-0.2, -0.15) is 0 Å². The summed E-state index contributed by atoms with van der Waals surface area (Å²) < 4.78 is 4.94. The normalized spacial score (nSPS) is 23.2. The van der Waals surface area contributed by atoms with E-state index in [9.17, 15) is 0 Å². The molecule has 0 aromatic heterocycles. The highest BCUT2D eigenvalue weighted by Gasteiger charge is 1.95. The summed E-state index contributed by atoms with van der Waals surface area (Å²) in [7, 11) is 0. The van der Waals surface area contributed by atoms with E-state index in [1.807, 2.05) is 0 Å². The SMILES string of the molecule is C=C1NCOC=C/C=C\1N. The molecule has 0 atom stereocenters. The smallest absolute Gasteiger partial charge is 0.158 e. The number of nitrogens with two attached hydrogens (primary N) is 1.